The smallest absolute Gasteiger partial charge is 0.446 e. The molecule has 12 nitrogen and oxygen atoms in total. The molecule has 0 heterocycles. The lowest BCUT2D eigenvalue weighted by molar-refractivity contribution is 0.0249. The Kier molecular flexibility index (Phi) is 19.2. The number of phenolic OH excluding ortho intramolecular Hbond substituents is 2. The second-order valence-corrected chi connectivity index (χ2v) is 15.3. The number of unbranched alkanes of at least 4 members (excludes halogenated alkanes) is 10. The van der Waals surface area contributed by atoms with Crippen molar-refractivity contribution < 1.29 is 54.1 Å². The second kappa shape index (κ2) is 22.2. The number of aryl methyl sites for hydroxylation is 1. The van der Waals surface area contributed by atoms with E-state index in [1.807, 2.05) is 6.92 Å². The molecule has 0 saturated carbocycles. The van der Waals surface area contributed by atoms with Gasteiger partial charge in [0.25, 0.3) is 0 Å². The molecule has 2 aromatic carbocycles. The number of benzene rings is 2. The van der Waals surface area contributed by atoms with Crippen LogP contribution in [0.3, 0.4) is 0 Å². The molecular weight excluding hydrogens is 697 g/mol. The fourth-order valence-electron chi connectivity index (χ4n) is 5.52. The van der Waals surface area contributed by atoms with Gasteiger partial charge in [0.05, 0.1) is 0 Å². The molecule has 0 amide bonds. The van der Waals surface area contributed by atoms with E-state index in [0.29, 0.717) is 41.9 Å². The number of carbonyl (C=O) groups is 1. The normalized spacial score (nSPS) is 12.5. The summed E-state index contributed by atoms with van der Waals surface area (Å²) in [5, 5.41) is 20.7. The van der Waals surface area contributed by atoms with Crippen molar-refractivity contribution in [2.75, 3.05) is 5.75 Å². The summed E-state index contributed by atoms with van der Waals surface area (Å²) in [6, 6.07) is 6.21. The molecule has 0 aliphatic carbocycles. The summed E-state index contributed by atoms with van der Waals surface area (Å²) in [7, 11) is -9.74. The first-order valence-corrected chi connectivity index (χ1v) is 20.9. The monoisotopic (exact) mass is 748 g/mol. The highest BCUT2D eigenvalue weighted by atomic mass is 32.3. The van der Waals surface area contributed by atoms with Crippen molar-refractivity contribution >= 4 is 38.5 Å². The summed E-state index contributed by atoms with van der Waals surface area (Å²) in [5.74, 6) is -0.685. The lowest BCUT2D eigenvalue weighted by Crippen LogP contribution is -2.19. The van der Waals surface area contributed by atoms with Gasteiger partial charge >= 0.3 is 26.8 Å². The molecule has 0 spiro atoms. The fourth-order valence-corrected chi connectivity index (χ4v) is 7.15. The summed E-state index contributed by atoms with van der Waals surface area (Å²) < 4.78 is 77.0. The zero-order valence-electron chi connectivity index (χ0n) is 28.5. The van der Waals surface area contributed by atoms with E-state index in [2.05, 4.69) is 15.3 Å². The molecule has 49 heavy (non-hydrogen) atoms. The van der Waals surface area contributed by atoms with E-state index in [9.17, 15) is 31.8 Å². The SMILES string of the molecule is CCCCCCCCCCCc1cc(O)cc(O)c1C(=O)OC(CCC)CCCCCSCc1cc(OS(=O)(=O)O)cc(OS(=O)(=O)O)c1. The largest absolute Gasteiger partial charge is 0.508 e. The lowest BCUT2D eigenvalue weighted by atomic mass is 9.98. The van der Waals surface area contributed by atoms with Crippen LogP contribution in [0.15, 0.2) is 30.3 Å². The Morgan fingerprint density at radius 1 is 0.714 bits per heavy atom. The standard InChI is InChI=1S/C34H52O12S3/c1-3-5-6-7-8-9-10-11-13-17-27-22-28(35)23-32(36)33(27)34(37)44-29(16-4-2)18-14-12-15-19-47-25-26-20-30(45-48(38,39)40)24-31(21-26)46-49(41,42)43/h20-24,29,35-36H,3-19,25H2,1-2H3,(H,38,39,40)(H,41,42,43). The molecule has 0 saturated heterocycles. The minimum Gasteiger partial charge on any atom is -0.508 e. The van der Waals surface area contributed by atoms with Gasteiger partial charge in [0.15, 0.2) is 0 Å². The Bertz CT molecular complexity index is 1460. The first kappa shape index (κ1) is 42.4. The van der Waals surface area contributed by atoms with E-state index in [1.165, 1.54) is 74.6 Å². The zero-order chi connectivity index (χ0) is 36.3. The first-order valence-electron chi connectivity index (χ1n) is 17.0. The van der Waals surface area contributed by atoms with Crippen molar-refractivity contribution in [1.29, 1.82) is 0 Å². The molecule has 2 rings (SSSR count). The molecule has 0 radical (unpaired) electrons. The number of carbonyl (C=O) groups excluding carboxylic acids is 1. The number of hydrogen-bond acceptors (Lipinski definition) is 11. The average molecular weight is 749 g/mol. The van der Waals surface area contributed by atoms with Crippen LogP contribution in [0.4, 0.5) is 0 Å². The highest BCUT2D eigenvalue weighted by Gasteiger charge is 2.23. The van der Waals surface area contributed by atoms with Gasteiger partial charge in [-0.3, -0.25) is 9.11 Å². The molecule has 0 aliphatic heterocycles. The number of aromatic hydroxyl groups is 2. The molecule has 0 bridgehead atoms. The van der Waals surface area contributed by atoms with Gasteiger partial charge in [-0.2, -0.15) is 28.6 Å². The number of hydrogen-bond donors (Lipinski definition) is 4. The Labute approximate surface area is 295 Å². The van der Waals surface area contributed by atoms with Crippen molar-refractivity contribution in [2.24, 2.45) is 0 Å². The van der Waals surface area contributed by atoms with Crippen LogP contribution in [0.2, 0.25) is 0 Å². The van der Waals surface area contributed by atoms with E-state index in [0.717, 1.165) is 51.0 Å². The summed E-state index contributed by atoms with van der Waals surface area (Å²) in [6.07, 6.45) is 15.2. The van der Waals surface area contributed by atoms with Crippen LogP contribution >= 0.6 is 11.8 Å². The van der Waals surface area contributed by atoms with Crippen LogP contribution < -0.4 is 8.37 Å². The molecule has 1 unspecified atom stereocenters. The maximum absolute atomic E-state index is 13.3. The number of rotatable bonds is 26. The van der Waals surface area contributed by atoms with E-state index in [1.54, 1.807) is 0 Å². The Balaban J connectivity index is 1.84. The Morgan fingerprint density at radius 3 is 1.86 bits per heavy atom. The molecule has 15 heteroatoms. The second-order valence-electron chi connectivity index (χ2n) is 12.1. The fraction of sp³-hybridized carbons (Fsp3) is 0.618. The molecule has 0 aliphatic rings. The van der Waals surface area contributed by atoms with Crippen LogP contribution in [0, 0.1) is 0 Å². The zero-order valence-corrected chi connectivity index (χ0v) is 30.9. The van der Waals surface area contributed by atoms with Crippen molar-refractivity contribution in [3.05, 3.63) is 47.0 Å². The molecule has 0 aromatic heterocycles. The van der Waals surface area contributed by atoms with E-state index < -0.39 is 26.8 Å². The number of thioether (sulfide) groups is 1. The average Bonchev–Trinajstić information content (AvgIpc) is 2.97. The lowest BCUT2D eigenvalue weighted by Gasteiger charge is -2.19. The van der Waals surface area contributed by atoms with Gasteiger partial charge in [0, 0.05) is 17.9 Å². The molecule has 0 fully saturated rings. The van der Waals surface area contributed by atoms with Crippen molar-refractivity contribution in [3.63, 3.8) is 0 Å². The highest BCUT2D eigenvalue weighted by molar-refractivity contribution is 7.98. The number of esters is 1. The van der Waals surface area contributed by atoms with Gasteiger partial charge in [-0.25, -0.2) is 4.79 Å². The number of phenols is 2. The van der Waals surface area contributed by atoms with Crippen molar-refractivity contribution in [3.8, 4) is 23.0 Å². The van der Waals surface area contributed by atoms with Gasteiger partial charge in [-0.05, 0) is 73.6 Å². The third-order valence-electron chi connectivity index (χ3n) is 7.75. The van der Waals surface area contributed by atoms with Gasteiger partial charge in [0.2, 0.25) is 0 Å². The van der Waals surface area contributed by atoms with E-state index in [-0.39, 0.29) is 34.7 Å². The van der Waals surface area contributed by atoms with Crippen LogP contribution in [0.25, 0.3) is 0 Å². The van der Waals surface area contributed by atoms with Crippen molar-refractivity contribution in [1.82, 2.24) is 0 Å². The van der Waals surface area contributed by atoms with Gasteiger partial charge in [-0.1, -0.05) is 78.1 Å². The van der Waals surface area contributed by atoms with Crippen LogP contribution in [-0.4, -0.2) is 54.0 Å². The summed E-state index contributed by atoms with van der Waals surface area (Å²) in [6.45, 7) is 4.21. The third-order valence-corrected chi connectivity index (χ3v) is 9.67. The predicted octanol–water partition coefficient (Wildman–Crippen LogP) is 8.35. The van der Waals surface area contributed by atoms with Crippen LogP contribution in [0.1, 0.15) is 132 Å². The number of ether oxygens (including phenoxy) is 1. The first-order chi connectivity index (χ1) is 23.2. The van der Waals surface area contributed by atoms with Gasteiger partial charge < -0.3 is 23.3 Å². The molecule has 4 N–H and O–H groups in total. The summed E-state index contributed by atoms with van der Waals surface area (Å²) >= 11 is 1.49. The van der Waals surface area contributed by atoms with Gasteiger partial charge in [0.1, 0.15) is 34.7 Å². The molecule has 278 valence electrons. The molecule has 2 aromatic rings. The van der Waals surface area contributed by atoms with Crippen LogP contribution in [0.5, 0.6) is 23.0 Å². The predicted molar refractivity (Wildman–Crippen MR) is 190 cm³/mol. The van der Waals surface area contributed by atoms with E-state index in [4.69, 9.17) is 13.8 Å². The minimum atomic E-state index is -4.87. The van der Waals surface area contributed by atoms with E-state index >= 15 is 0 Å². The maximum atomic E-state index is 13.3. The Hall–Kier alpha value is -2.72. The summed E-state index contributed by atoms with van der Waals surface area (Å²) in [4.78, 5) is 13.3. The topological polar surface area (TPSA) is 194 Å². The summed E-state index contributed by atoms with van der Waals surface area (Å²) in [5.41, 5.74) is 1.14. The third kappa shape index (κ3) is 18.7. The van der Waals surface area contributed by atoms with Gasteiger partial charge in [-0.15, -0.1) is 0 Å². The maximum Gasteiger partial charge on any atom is 0.446 e. The van der Waals surface area contributed by atoms with Crippen molar-refractivity contribution in [2.45, 2.75) is 128 Å². The Morgan fingerprint density at radius 2 is 1.29 bits per heavy atom. The quantitative estimate of drug-likeness (QED) is 0.0408. The molecule has 1 atom stereocenters. The van der Waals surface area contributed by atoms with Crippen LogP contribution in [-0.2, 0) is 37.7 Å². The minimum absolute atomic E-state index is 0.0889. The molecular formula is C34H52O12S3. The highest BCUT2D eigenvalue weighted by Crippen LogP contribution is 2.31.